The molecule has 1 heterocycles. The Morgan fingerprint density at radius 2 is 1.86 bits per heavy atom. The summed E-state index contributed by atoms with van der Waals surface area (Å²) in [7, 11) is 0. The minimum atomic E-state index is -4.66. The van der Waals surface area contributed by atoms with Crippen LogP contribution in [0.5, 0.6) is 5.75 Å². The Bertz CT molecular complexity index is 730. The number of aliphatic hydroxyl groups is 1. The van der Waals surface area contributed by atoms with Gasteiger partial charge < -0.3 is 14.7 Å². The predicted octanol–water partition coefficient (Wildman–Crippen LogP) is 3.92. The van der Waals surface area contributed by atoms with E-state index in [-0.39, 0.29) is 23.0 Å². The van der Waals surface area contributed by atoms with Crippen molar-refractivity contribution in [1.82, 2.24) is 4.90 Å². The van der Waals surface area contributed by atoms with Gasteiger partial charge in [0.1, 0.15) is 5.75 Å². The Morgan fingerprint density at radius 3 is 2.43 bits per heavy atom. The van der Waals surface area contributed by atoms with Crippen molar-refractivity contribution < 1.29 is 27.8 Å². The molecule has 1 saturated heterocycles. The van der Waals surface area contributed by atoms with Crippen LogP contribution < -0.4 is 4.74 Å². The zero-order valence-corrected chi connectivity index (χ0v) is 16.0. The van der Waals surface area contributed by atoms with Crippen LogP contribution in [0, 0.1) is 17.3 Å². The molecule has 1 aromatic carbocycles. The van der Waals surface area contributed by atoms with Crippen LogP contribution in [0.2, 0.25) is 0 Å². The average Bonchev–Trinajstić information content (AvgIpc) is 2.95. The Kier molecular flexibility index (Phi) is 4.64. The van der Waals surface area contributed by atoms with Crippen molar-refractivity contribution in [3.63, 3.8) is 0 Å². The third kappa shape index (κ3) is 4.14. The second kappa shape index (κ2) is 6.65. The summed E-state index contributed by atoms with van der Waals surface area (Å²) in [5.41, 5.74) is 0.550. The molecule has 3 aliphatic rings. The third-order valence-electron chi connectivity index (χ3n) is 6.57. The SMILES string of the molecule is CC1(O)CC(C(=O)N2CC3(CC[C@H](Cc4ccc(OC(F)(F)F)cc4)C3)C2)C1. The van der Waals surface area contributed by atoms with Crippen molar-refractivity contribution in [2.45, 2.75) is 57.4 Å². The predicted molar refractivity (Wildman–Crippen MR) is 96.5 cm³/mol. The van der Waals surface area contributed by atoms with E-state index in [1.807, 2.05) is 4.90 Å². The van der Waals surface area contributed by atoms with Crippen molar-refractivity contribution in [3.05, 3.63) is 29.8 Å². The standard InChI is InChI=1S/C21H26F3NO3/c1-19(27)10-16(11-19)18(26)25-12-20(13-25)7-6-15(9-20)8-14-2-4-17(5-3-14)28-21(22,23)24/h2-5,15-16,27H,6-13H2,1H3/t15-,16?,19?/m1/s1. The van der Waals surface area contributed by atoms with Gasteiger partial charge in [-0.25, -0.2) is 0 Å². The molecule has 4 nitrogen and oxygen atoms in total. The van der Waals surface area contributed by atoms with Crippen molar-refractivity contribution in [1.29, 1.82) is 0 Å². The summed E-state index contributed by atoms with van der Waals surface area (Å²) in [6.45, 7) is 3.39. The zero-order chi connectivity index (χ0) is 20.2. The van der Waals surface area contributed by atoms with Gasteiger partial charge in [-0.3, -0.25) is 4.79 Å². The van der Waals surface area contributed by atoms with Crippen LogP contribution in [0.1, 0.15) is 44.6 Å². The first-order valence-corrected chi connectivity index (χ1v) is 9.89. The normalized spacial score (nSPS) is 31.4. The third-order valence-corrected chi connectivity index (χ3v) is 6.57. The second-order valence-corrected chi connectivity index (χ2v) is 9.30. The molecule has 0 unspecified atom stereocenters. The van der Waals surface area contributed by atoms with E-state index in [0.29, 0.717) is 18.8 Å². The molecule has 1 N–H and O–H groups in total. The van der Waals surface area contributed by atoms with Crippen LogP contribution in [0.4, 0.5) is 13.2 Å². The summed E-state index contributed by atoms with van der Waals surface area (Å²) in [5, 5.41) is 9.82. The fourth-order valence-electron chi connectivity index (χ4n) is 5.30. The molecule has 0 radical (unpaired) electrons. The first kappa shape index (κ1) is 19.6. The van der Waals surface area contributed by atoms with Crippen LogP contribution >= 0.6 is 0 Å². The lowest BCUT2D eigenvalue weighted by Crippen LogP contribution is -2.61. The van der Waals surface area contributed by atoms with Gasteiger partial charge in [-0.2, -0.15) is 0 Å². The molecule has 7 heteroatoms. The topological polar surface area (TPSA) is 49.8 Å². The molecule has 28 heavy (non-hydrogen) atoms. The minimum Gasteiger partial charge on any atom is -0.406 e. The van der Waals surface area contributed by atoms with Crippen LogP contribution in [0.25, 0.3) is 0 Å². The number of hydrogen-bond donors (Lipinski definition) is 1. The van der Waals surface area contributed by atoms with Crippen molar-refractivity contribution in [2.24, 2.45) is 17.3 Å². The van der Waals surface area contributed by atoms with Crippen LogP contribution in [-0.4, -0.2) is 41.0 Å². The van der Waals surface area contributed by atoms with Gasteiger partial charge in [-0.15, -0.1) is 13.2 Å². The summed E-state index contributed by atoms with van der Waals surface area (Å²) in [5.74, 6) is 0.459. The van der Waals surface area contributed by atoms with Gasteiger partial charge in [-0.05, 0) is 69.1 Å². The Morgan fingerprint density at radius 1 is 1.21 bits per heavy atom. The van der Waals surface area contributed by atoms with Crippen LogP contribution in [0.3, 0.4) is 0 Å². The average molecular weight is 397 g/mol. The fourth-order valence-corrected chi connectivity index (χ4v) is 5.30. The highest BCUT2D eigenvalue weighted by Crippen LogP contribution is 2.50. The first-order chi connectivity index (χ1) is 13.0. The highest BCUT2D eigenvalue weighted by atomic mass is 19.4. The maximum Gasteiger partial charge on any atom is 0.573 e. The molecule has 1 spiro atoms. The quantitative estimate of drug-likeness (QED) is 0.838. The van der Waals surface area contributed by atoms with Crippen molar-refractivity contribution >= 4 is 5.91 Å². The van der Waals surface area contributed by atoms with Crippen molar-refractivity contribution in [2.75, 3.05) is 13.1 Å². The number of carbonyl (C=O) groups is 1. The molecule has 4 rings (SSSR count). The Balaban J connectivity index is 1.25. The van der Waals surface area contributed by atoms with Gasteiger partial charge in [-0.1, -0.05) is 12.1 Å². The number of ether oxygens (including phenoxy) is 1. The number of rotatable bonds is 4. The molecular weight excluding hydrogens is 371 g/mol. The Hall–Kier alpha value is -1.76. The number of likely N-dealkylation sites (tertiary alicyclic amines) is 1. The number of amides is 1. The van der Waals surface area contributed by atoms with Gasteiger partial charge in [0.2, 0.25) is 5.91 Å². The van der Waals surface area contributed by atoms with E-state index in [1.165, 1.54) is 12.1 Å². The number of hydrogen-bond acceptors (Lipinski definition) is 3. The lowest BCUT2D eigenvalue weighted by atomic mass is 9.69. The van der Waals surface area contributed by atoms with E-state index in [2.05, 4.69) is 4.74 Å². The molecule has 2 aliphatic carbocycles. The van der Waals surface area contributed by atoms with E-state index >= 15 is 0 Å². The summed E-state index contributed by atoms with van der Waals surface area (Å²) < 4.78 is 40.6. The molecule has 0 bridgehead atoms. The zero-order valence-electron chi connectivity index (χ0n) is 16.0. The van der Waals surface area contributed by atoms with E-state index in [4.69, 9.17) is 0 Å². The van der Waals surface area contributed by atoms with E-state index in [1.54, 1.807) is 19.1 Å². The van der Waals surface area contributed by atoms with Crippen LogP contribution in [-0.2, 0) is 11.2 Å². The second-order valence-electron chi connectivity index (χ2n) is 9.30. The molecule has 1 aromatic rings. The number of alkyl halides is 3. The summed E-state index contributed by atoms with van der Waals surface area (Å²) in [4.78, 5) is 14.4. The largest absolute Gasteiger partial charge is 0.573 e. The van der Waals surface area contributed by atoms with Gasteiger partial charge in [0.25, 0.3) is 0 Å². The maximum atomic E-state index is 12.5. The molecule has 0 aromatic heterocycles. The molecular formula is C21H26F3NO3. The number of halogens is 3. The lowest BCUT2D eigenvalue weighted by Gasteiger charge is -2.52. The highest BCUT2D eigenvalue weighted by Gasteiger charge is 2.52. The fraction of sp³-hybridized carbons (Fsp3) is 0.667. The maximum absolute atomic E-state index is 12.5. The summed E-state index contributed by atoms with van der Waals surface area (Å²) in [6.07, 6.45) is 0.535. The number of carbonyl (C=O) groups excluding carboxylic acids is 1. The molecule has 1 atom stereocenters. The highest BCUT2D eigenvalue weighted by molar-refractivity contribution is 5.81. The van der Waals surface area contributed by atoms with Gasteiger partial charge >= 0.3 is 6.36 Å². The van der Waals surface area contributed by atoms with Crippen LogP contribution in [0.15, 0.2) is 24.3 Å². The molecule has 154 valence electrons. The molecule has 3 fully saturated rings. The molecule has 2 saturated carbocycles. The van der Waals surface area contributed by atoms with E-state index < -0.39 is 12.0 Å². The lowest BCUT2D eigenvalue weighted by molar-refractivity contribution is -0.274. The summed E-state index contributed by atoms with van der Waals surface area (Å²) >= 11 is 0. The summed E-state index contributed by atoms with van der Waals surface area (Å²) in [6, 6.07) is 6.13. The number of nitrogens with zero attached hydrogens (tertiary/aromatic N) is 1. The smallest absolute Gasteiger partial charge is 0.406 e. The minimum absolute atomic E-state index is 0.0259. The van der Waals surface area contributed by atoms with Crippen molar-refractivity contribution in [3.8, 4) is 5.75 Å². The van der Waals surface area contributed by atoms with Gasteiger partial charge in [0, 0.05) is 24.4 Å². The van der Waals surface area contributed by atoms with Gasteiger partial charge in [0.15, 0.2) is 0 Å². The first-order valence-electron chi connectivity index (χ1n) is 9.89. The molecule has 1 aliphatic heterocycles. The monoisotopic (exact) mass is 397 g/mol. The molecule has 1 amide bonds. The van der Waals surface area contributed by atoms with Gasteiger partial charge in [0.05, 0.1) is 5.60 Å². The number of benzene rings is 1. The Labute approximate surface area is 162 Å². The van der Waals surface area contributed by atoms with E-state index in [0.717, 1.165) is 44.3 Å². The van der Waals surface area contributed by atoms with E-state index in [9.17, 15) is 23.1 Å².